The summed E-state index contributed by atoms with van der Waals surface area (Å²) in [6, 6.07) is 3.02. The van der Waals surface area contributed by atoms with Crippen molar-refractivity contribution in [1.82, 2.24) is 0 Å². The number of halogens is 6. The summed E-state index contributed by atoms with van der Waals surface area (Å²) in [5.74, 6) is -1.21. The van der Waals surface area contributed by atoms with Crippen LogP contribution in [0, 0.1) is 10.1 Å². The van der Waals surface area contributed by atoms with Crippen LogP contribution < -0.4 is 4.18 Å². The van der Waals surface area contributed by atoms with E-state index in [0.29, 0.717) is 0 Å². The highest BCUT2D eigenvalue weighted by atomic mass is 32.2. The van der Waals surface area contributed by atoms with Gasteiger partial charge in [0.2, 0.25) is 0 Å². The predicted molar refractivity (Wildman–Crippen MR) is 77.4 cm³/mol. The van der Waals surface area contributed by atoms with Crippen LogP contribution in [-0.2, 0) is 22.5 Å². The number of alkyl halides is 6. The Balaban J connectivity index is 2.47. The number of non-ortho nitro benzene ring substituents is 1. The third-order valence-corrected chi connectivity index (χ3v) is 4.36. The Morgan fingerprint density at radius 3 is 1.67 bits per heavy atom. The van der Waals surface area contributed by atoms with Crippen molar-refractivity contribution in [3.05, 3.63) is 63.7 Å². The molecule has 2 aromatic carbocycles. The molecule has 2 aromatic rings. The zero-order chi connectivity index (χ0) is 20.6. The topological polar surface area (TPSA) is 86.5 Å². The largest absolute Gasteiger partial charge is 0.416 e. The smallest absolute Gasteiger partial charge is 0.379 e. The van der Waals surface area contributed by atoms with Crippen LogP contribution in [0.4, 0.5) is 32.0 Å². The van der Waals surface area contributed by atoms with Crippen LogP contribution in [0.15, 0.2) is 47.4 Å². The molecule has 0 aromatic heterocycles. The molecule has 0 heterocycles. The Bertz CT molecular complexity index is 935. The Hall–Kier alpha value is -2.83. The molecule has 27 heavy (non-hydrogen) atoms. The average molecular weight is 415 g/mol. The molecule has 0 unspecified atom stereocenters. The lowest BCUT2D eigenvalue weighted by Gasteiger charge is -2.14. The van der Waals surface area contributed by atoms with Crippen molar-refractivity contribution in [1.29, 1.82) is 0 Å². The Kier molecular flexibility index (Phi) is 5.10. The van der Waals surface area contributed by atoms with Crippen molar-refractivity contribution >= 4 is 15.8 Å². The Morgan fingerprint density at radius 1 is 0.852 bits per heavy atom. The molecule has 0 amide bonds. The molecule has 0 radical (unpaired) electrons. The molecule has 13 heteroatoms. The van der Waals surface area contributed by atoms with Gasteiger partial charge in [-0.15, -0.1) is 0 Å². The van der Waals surface area contributed by atoms with Crippen molar-refractivity contribution in [2.24, 2.45) is 0 Å². The molecule has 0 aliphatic heterocycles. The highest BCUT2D eigenvalue weighted by Crippen LogP contribution is 2.38. The maximum Gasteiger partial charge on any atom is 0.416 e. The van der Waals surface area contributed by atoms with Gasteiger partial charge in [0.1, 0.15) is 10.6 Å². The molecule has 0 saturated carbocycles. The number of nitro groups is 1. The van der Waals surface area contributed by atoms with Crippen LogP contribution in [0.5, 0.6) is 5.75 Å². The van der Waals surface area contributed by atoms with Gasteiger partial charge in [0.25, 0.3) is 5.69 Å². The zero-order valence-corrected chi connectivity index (χ0v) is 13.5. The summed E-state index contributed by atoms with van der Waals surface area (Å²) >= 11 is 0. The van der Waals surface area contributed by atoms with Gasteiger partial charge in [0.15, 0.2) is 0 Å². The van der Waals surface area contributed by atoms with Crippen LogP contribution in [-0.4, -0.2) is 13.3 Å². The van der Waals surface area contributed by atoms with Crippen molar-refractivity contribution in [3.8, 4) is 5.75 Å². The molecule has 0 aliphatic carbocycles. The van der Waals surface area contributed by atoms with Gasteiger partial charge in [-0.05, 0) is 30.3 Å². The SMILES string of the molecule is O=[N+]([O-])c1ccc(S(=O)(=O)Oc2cc(C(F)(F)F)cc(C(F)(F)F)c2)cc1. The molecule has 146 valence electrons. The number of hydrogen-bond acceptors (Lipinski definition) is 5. The van der Waals surface area contributed by atoms with E-state index in [-0.39, 0.29) is 18.2 Å². The highest BCUT2D eigenvalue weighted by Gasteiger charge is 2.37. The summed E-state index contributed by atoms with van der Waals surface area (Å²) < 4.78 is 105. The Labute approximate surface area is 147 Å². The van der Waals surface area contributed by atoms with Crippen molar-refractivity contribution < 1.29 is 43.9 Å². The van der Waals surface area contributed by atoms with E-state index in [1.807, 2.05) is 0 Å². The Morgan fingerprint density at radius 2 is 1.30 bits per heavy atom. The number of hydrogen-bond donors (Lipinski definition) is 0. The van der Waals surface area contributed by atoms with Gasteiger partial charge in [0.05, 0.1) is 16.1 Å². The van der Waals surface area contributed by atoms with Gasteiger partial charge < -0.3 is 4.18 Å². The minimum atomic E-state index is -5.18. The number of benzene rings is 2. The monoisotopic (exact) mass is 415 g/mol. The minimum absolute atomic E-state index is 0.0954. The van der Waals surface area contributed by atoms with Gasteiger partial charge in [-0.2, -0.15) is 34.8 Å². The summed E-state index contributed by atoms with van der Waals surface area (Å²) in [4.78, 5) is 9.00. The van der Waals surface area contributed by atoms with Gasteiger partial charge >= 0.3 is 22.5 Å². The third-order valence-electron chi connectivity index (χ3n) is 3.10. The van der Waals surface area contributed by atoms with E-state index in [4.69, 9.17) is 0 Å². The average Bonchev–Trinajstić information content (AvgIpc) is 2.52. The quantitative estimate of drug-likeness (QED) is 0.320. The molecule has 0 N–H and O–H groups in total. The van der Waals surface area contributed by atoms with Gasteiger partial charge in [-0.25, -0.2) is 0 Å². The maximum atomic E-state index is 12.8. The molecule has 2 rings (SSSR count). The minimum Gasteiger partial charge on any atom is -0.379 e. The molecule has 0 spiro atoms. The van der Waals surface area contributed by atoms with Gasteiger partial charge in [-0.3, -0.25) is 10.1 Å². The van der Waals surface area contributed by atoms with E-state index < -0.39 is 54.9 Å². The van der Waals surface area contributed by atoms with E-state index in [9.17, 15) is 44.9 Å². The second-order valence-electron chi connectivity index (χ2n) is 5.03. The van der Waals surface area contributed by atoms with Crippen LogP contribution in [0.2, 0.25) is 0 Å². The standard InChI is InChI=1S/C14H7F6NO5S/c15-13(16,17)8-5-9(14(18,19)20)7-11(6-8)26-27(24,25)12-3-1-10(2-4-12)21(22)23/h1-7H. The number of nitrogens with zero attached hydrogens (tertiary/aromatic N) is 1. The van der Waals surface area contributed by atoms with Gasteiger partial charge in [0, 0.05) is 12.1 Å². The fraction of sp³-hybridized carbons (Fsp3) is 0.143. The van der Waals surface area contributed by atoms with Crippen LogP contribution in [0.25, 0.3) is 0 Å². The summed E-state index contributed by atoms with van der Waals surface area (Å²) in [5, 5.41) is 10.5. The first-order valence-corrected chi connectivity index (χ1v) is 8.09. The predicted octanol–water partition coefficient (Wildman–Crippen LogP) is 4.40. The summed E-state index contributed by atoms with van der Waals surface area (Å²) in [6.07, 6.45) is -10.4. The molecular formula is C14H7F6NO5S. The first kappa shape index (κ1) is 20.5. The van der Waals surface area contributed by atoms with Crippen LogP contribution in [0.3, 0.4) is 0 Å². The van der Waals surface area contributed by atoms with Crippen molar-refractivity contribution in [2.45, 2.75) is 17.2 Å². The second-order valence-corrected chi connectivity index (χ2v) is 6.58. The van der Waals surface area contributed by atoms with Crippen LogP contribution >= 0.6 is 0 Å². The molecule has 0 aliphatic rings. The molecule has 0 fully saturated rings. The van der Waals surface area contributed by atoms with E-state index in [1.165, 1.54) is 0 Å². The summed E-state index contributed by atoms with van der Waals surface area (Å²) in [6.45, 7) is 0. The third kappa shape index (κ3) is 4.87. The number of rotatable bonds is 4. The van der Waals surface area contributed by atoms with Gasteiger partial charge in [-0.1, -0.05) is 0 Å². The fourth-order valence-electron chi connectivity index (χ4n) is 1.88. The summed E-state index contributed by atoms with van der Waals surface area (Å²) in [7, 11) is -4.84. The lowest BCUT2D eigenvalue weighted by atomic mass is 10.1. The first-order chi connectivity index (χ1) is 12.2. The first-order valence-electron chi connectivity index (χ1n) is 6.68. The highest BCUT2D eigenvalue weighted by molar-refractivity contribution is 7.87. The van der Waals surface area contributed by atoms with E-state index >= 15 is 0 Å². The number of nitro benzene ring substituents is 1. The van der Waals surface area contributed by atoms with Crippen LogP contribution in [0.1, 0.15) is 11.1 Å². The van der Waals surface area contributed by atoms with E-state index in [1.54, 1.807) is 0 Å². The van der Waals surface area contributed by atoms with E-state index in [2.05, 4.69) is 4.18 Å². The second kappa shape index (κ2) is 6.72. The van der Waals surface area contributed by atoms with Crippen molar-refractivity contribution in [2.75, 3.05) is 0 Å². The molecular weight excluding hydrogens is 408 g/mol. The molecule has 0 atom stereocenters. The van der Waals surface area contributed by atoms with E-state index in [0.717, 1.165) is 24.3 Å². The fourth-order valence-corrected chi connectivity index (χ4v) is 2.80. The zero-order valence-electron chi connectivity index (χ0n) is 12.7. The molecule has 6 nitrogen and oxygen atoms in total. The lowest BCUT2D eigenvalue weighted by molar-refractivity contribution is -0.384. The maximum absolute atomic E-state index is 12.8. The summed E-state index contributed by atoms with van der Waals surface area (Å²) in [5.41, 5.74) is -4.00. The molecule has 0 saturated heterocycles. The lowest BCUT2D eigenvalue weighted by Crippen LogP contribution is -2.14. The van der Waals surface area contributed by atoms with Crippen molar-refractivity contribution in [3.63, 3.8) is 0 Å². The molecule has 0 bridgehead atoms. The normalized spacial score (nSPS) is 12.7.